The Bertz CT molecular complexity index is 593. The van der Waals surface area contributed by atoms with Crippen LogP contribution in [0, 0.1) is 10.8 Å². The molecule has 0 bridgehead atoms. The highest BCUT2D eigenvalue weighted by Gasteiger charge is 2.78. The van der Waals surface area contributed by atoms with Gasteiger partial charge in [0, 0.05) is 23.9 Å². The first-order chi connectivity index (χ1) is 12.0. The number of hydrogen-bond acceptors (Lipinski definition) is 6. The lowest BCUT2D eigenvalue weighted by molar-refractivity contribution is -0.157. The molecule has 4 rings (SSSR count). The zero-order valence-electron chi connectivity index (χ0n) is 16.9. The van der Waals surface area contributed by atoms with Gasteiger partial charge in [-0.2, -0.15) is 0 Å². The van der Waals surface area contributed by atoms with E-state index in [1.807, 2.05) is 0 Å². The van der Waals surface area contributed by atoms with E-state index in [9.17, 15) is 9.59 Å². The van der Waals surface area contributed by atoms with Crippen molar-refractivity contribution in [1.29, 1.82) is 0 Å². The second kappa shape index (κ2) is 5.22. The molecule has 0 N–H and O–H groups in total. The molecule has 4 saturated heterocycles. The lowest BCUT2D eigenvalue weighted by atomic mass is 9.72. The van der Waals surface area contributed by atoms with Crippen LogP contribution < -0.4 is 0 Å². The van der Waals surface area contributed by atoms with Gasteiger partial charge in [-0.1, -0.05) is 41.5 Å². The van der Waals surface area contributed by atoms with Crippen LogP contribution in [0.5, 0.6) is 0 Å². The summed E-state index contributed by atoms with van der Waals surface area (Å²) in [4.78, 5) is 31.1. The number of cyclic esters (lactones) is 2. The van der Waals surface area contributed by atoms with E-state index in [-0.39, 0.29) is 35.2 Å². The largest absolute Gasteiger partial charge is 0.444 e. The van der Waals surface area contributed by atoms with Crippen molar-refractivity contribution in [1.82, 2.24) is 9.80 Å². The van der Waals surface area contributed by atoms with Crippen LogP contribution >= 0.6 is 0 Å². The second-order valence-corrected chi connectivity index (χ2v) is 10.6. The number of esters is 2. The normalized spacial score (nSPS) is 41.3. The van der Waals surface area contributed by atoms with E-state index >= 15 is 0 Å². The van der Waals surface area contributed by atoms with Crippen LogP contribution in [0.25, 0.3) is 0 Å². The summed E-state index contributed by atoms with van der Waals surface area (Å²) in [6, 6.07) is 0. The number of carbonyl (C=O) groups is 2. The number of rotatable bonds is 1. The maximum absolute atomic E-state index is 13.4. The fourth-order valence-electron chi connectivity index (χ4n) is 5.79. The molecule has 0 aromatic carbocycles. The number of hydrogen-bond donors (Lipinski definition) is 0. The van der Waals surface area contributed by atoms with Gasteiger partial charge in [0.05, 0.1) is 0 Å². The van der Waals surface area contributed by atoms with Gasteiger partial charge in [0.15, 0.2) is 23.5 Å². The van der Waals surface area contributed by atoms with E-state index in [1.54, 1.807) is 0 Å². The van der Waals surface area contributed by atoms with Gasteiger partial charge in [0.2, 0.25) is 0 Å². The van der Waals surface area contributed by atoms with Crippen molar-refractivity contribution in [2.24, 2.45) is 10.8 Å². The lowest BCUT2D eigenvalue weighted by Gasteiger charge is -2.46. The Kier molecular flexibility index (Phi) is 3.66. The quantitative estimate of drug-likeness (QED) is 0.667. The SMILES string of the molecule is CC(C)(C)[C@H]1OC(=O)[C@@]2([C@@]34CCCN3[C@@H](C(C)(C)C)OC4=O)CCCN12. The van der Waals surface area contributed by atoms with Gasteiger partial charge in [-0.3, -0.25) is 0 Å². The molecule has 4 fully saturated rings. The summed E-state index contributed by atoms with van der Waals surface area (Å²) in [6.45, 7) is 14.1. The van der Waals surface area contributed by atoms with Crippen LogP contribution in [-0.4, -0.2) is 58.4 Å². The second-order valence-electron chi connectivity index (χ2n) is 10.6. The van der Waals surface area contributed by atoms with Crippen LogP contribution in [0.3, 0.4) is 0 Å². The van der Waals surface area contributed by atoms with Crippen molar-refractivity contribution in [3.05, 3.63) is 0 Å². The highest BCUT2D eigenvalue weighted by atomic mass is 16.6. The predicted octanol–water partition coefficient (Wildman–Crippen LogP) is 2.51. The number of carbonyl (C=O) groups excluding carboxylic acids is 2. The van der Waals surface area contributed by atoms with E-state index in [4.69, 9.17) is 9.47 Å². The summed E-state index contributed by atoms with van der Waals surface area (Å²) >= 11 is 0. The minimum atomic E-state index is -0.904. The summed E-state index contributed by atoms with van der Waals surface area (Å²) in [5.41, 5.74) is -2.21. The first kappa shape index (κ1) is 18.2. The summed E-state index contributed by atoms with van der Waals surface area (Å²) in [5, 5.41) is 0. The molecule has 0 aromatic rings. The maximum Gasteiger partial charge on any atom is 0.330 e. The summed E-state index contributed by atoms with van der Waals surface area (Å²) in [7, 11) is 0. The topological polar surface area (TPSA) is 59.1 Å². The molecule has 4 aliphatic rings. The van der Waals surface area contributed by atoms with Crippen LogP contribution in [0.1, 0.15) is 67.2 Å². The molecule has 26 heavy (non-hydrogen) atoms. The summed E-state index contributed by atoms with van der Waals surface area (Å²) < 4.78 is 11.9. The molecule has 0 aliphatic carbocycles. The Hall–Kier alpha value is -1.14. The third-order valence-electron chi connectivity index (χ3n) is 6.70. The third-order valence-corrected chi connectivity index (χ3v) is 6.70. The lowest BCUT2D eigenvalue weighted by Crippen LogP contribution is -2.70. The molecule has 0 spiro atoms. The van der Waals surface area contributed by atoms with Gasteiger partial charge in [-0.15, -0.1) is 0 Å². The Morgan fingerprint density at radius 2 is 1.12 bits per heavy atom. The van der Waals surface area contributed by atoms with Crippen LogP contribution in [0.15, 0.2) is 0 Å². The van der Waals surface area contributed by atoms with Crippen molar-refractivity contribution in [2.45, 2.75) is 90.8 Å². The minimum Gasteiger partial charge on any atom is -0.444 e. The third kappa shape index (κ3) is 2.00. The van der Waals surface area contributed by atoms with Gasteiger partial charge >= 0.3 is 11.9 Å². The number of ether oxygens (including phenoxy) is 2. The van der Waals surface area contributed by atoms with Gasteiger partial charge in [-0.05, 0) is 25.7 Å². The van der Waals surface area contributed by atoms with E-state index in [0.717, 1.165) is 25.9 Å². The van der Waals surface area contributed by atoms with Gasteiger partial charge < -0.3 is 9.47 Å². The zero-order valence-corrected chi connectivity index (χ0v) is 16.9. The van der Waals surface area contributed by atoms with Crippen molar-refractivity contribution in [2.75, 3.05) is 13.1 Å². The van der Waals surface area contributed by atoms with Gasteiger partial charge in [-0.25, -0.2) is 19.4 Å². The monoisotopic (exact) mass is 364 g/mol. The van der Waals surface area contributed by atoms with Crippen LogP contribution in [0.4, 0.5) is 0 Å². The Morgan fingerprint density at radius 3 is 1.42 bits per heavy atom. The average molecular weight is 364 g/mol. The summed E-state index contributed by atoms with van der Waals surface area (Å²) in [5.74, 6) is -0.457. The molecule has 0 unspecified atom stereocenters. The van der Waals surface area contributed by atoms with Crippen molar-refractivity contribution >= 4 is 11.9 Å². The van der Waals surface area contributed by atoms with E-state index in [0.29, 0.717) is 12.8 Å². The molecule has 0 radical (unpaired) electrons. The minimum absolute atomic E-state index is 0.201. The molecule has 0 amide bonds. The molecular weight excluding hydrogens is 332 g/mol. The highest BCUT2D eigenvalue weighted by Crippen LogP contribution is 2.58. The van der Waals surface area contributed by atoms with E-state index in [2.05, 4.69) is 51.3 Å². The van der Waals surface area contributed by atoms with Crippen molar-refractivity contribution < 1.29 is 19.1 Å². The predicted molar refractivity (Wildman–Crippen MR) is 96.0 cm³/mol. The van der Waals surface area contributed by atoms with Crippen molar-refractivity contribution in [3.63, 3.8) is 0 Å². The first-order valence-corrected chi connectivity index (χ1v) is 9.92. The van der Waals surface area contributed by atoms with Gasteiger partial charge in [0.1, 0.15) is 0 Å². The molecule has 6 nitrogen and oxygen atoms in total. The molecule has 4 aliphatic heterocycles. The Balaban J connectivity index is 1.85. The van der Waals surface area contributed by atoms with Crippen LogP contribution in [-0.2, 0) is 19.1 Å². The number of fused-ring (bicyclic) bond motifs is 3. The molecule has 6 heteroatoms. The highest BCUT2D eigenvalue weighted by molar-refractivity contribution is 5.97. The smallest absolute Gasteiger partial charge is 0.330 e. The first-order valence-electron chi connectivity index (χ1n) is 9.92. The number of nitrogens with zero attached hydrogens (tertiary/aromatic N) is 2. The Morgan fingerprint density at radius 1 is 0.769 bits per heavy atom. The van der Waals surface area contributed by atoms with Gasteiger partial charge in [0.25, 0.3) is 0 Å². The summed E-state index contributed by atoms with van der Waals surface area (Å²) in [6.07, 6.45) is 2.56. The standard InChI is InChI=1S/C20H32N2O4/c1-17(2,3)13-21-11-7-9-19(21,15(23)25-13)20-10-8-12-22(20)14(18(4,5)6)26-16(20)24/h13-14H,7-12H2,1-6H3/t13-,14-,19-,20+/m1/s1. The van der Waals surface area contributed by atoms with E-state index < -0.39 is 11.1 Å². The fourth-order valence-corrected chi connectivity index (χ4v) is 5.79. The fraction of sp³-hybridized carbons (Fsp3) is 0.900. The Labute approximate surface area is 156 Å². The van der Waals surface area contributed by atoms with Crippen molar-refractivity contribution in [3.8, 4) is 0 Å². The van der Waals surface area contributed by atoms with Crippen LogP contribution in [0.2, 0.25) is 0 Å². The maximum atomic E-state index is 13.4. The molecule has 0 aromatic heterocycles. The molecule has 4 atom stereocenters. The average Bonchev–Trinajstić information content (AvgIpc) is 3.19. The molecule has 146 valence electrons. The van der Waals surface area contributed by atoms with E-state index in [1.165, 1.54) is 0 Å². The molecular formula is C20H32N2O4. The zero-order chi connectivity index (χ0) is 19.1. The molecule has 0 saturated carbocycles. The molecule has 4 heterocycles.